The van der Waals surface area contributed by atoms with Crippen molar-refractivity contribution < 1.29 is 21.9 Å². The molecule has 0 fully saturated rings. The molecule has 0 atom stereocenters. The van der Waals surface area contributed by atoms with E-state index < -0.39 is 16.4 Å². The van der Waals surface area contributed by atoms with E-state index in [9.17, 15) is 17.2 Å². The van der Waals surface area contributed by atoms with Crippen molar-refractivity contribution in [3.63, 3.8) is 0 Å². The maximum atomic E-state index is 12.2. The van der Waals surface area contributed by atoms with Gasteiger partial charge in [0.25, 0.3) is 0 Å². The quantitative estimate of drug-likeness (QED) is 0.866. The van der Waals surface area contributed by atoms with E-state index in [1.165, 1.54) is 30.3 Å². The van der Waals surface area contributed by atoms with Crippen molar-refractivity contribution in [3.8, 4) is 22.9 Å². The van der Waals surface area contributed by atoms with Crippen LogP contribution in [0.5, 0.6) is 5.75 Å². The molecule has 0 saturated heterocycles. The SMILES string of the molecule is CS(=O)(=O)c1ccc(-c2ccc(OC(F)F)c(C#N)c2)cc1. The van der Waals surface area contributed by atoms with Gasteiger partial charge >= 0.3 is 6.61 Å². The van der Waals surface area contributed by atoms with E-state index in [0.717, 1.165) is 6.26 Å². The number of nitriles is 1. The molecular formula is C15H11F2NO3S. The summed E-state index contributed by atoms with van der Waals surface area (Å²) in [6.07, 6.45) is 1.10. The first kappa shape index (κ1) is 15.9. The van der Waals surface area contributed by atoms with E-state index in [1.807, 2.05) is 0 Å². The van der Waals surface area contributed by atoms with Crippen LogP contribution in [0.3, 0.4) is 0 Å². The van der Waals surface area contributed by atoms with E-state index in [2.05, 4.69) is 4.74 Å². The van der Waals surface area contributed by atoms with Crippen molar-refractivity contribution >= 4 is 9.84 Å². The first-order valence-corrected chi connectivity index (χ1v) is 8.00. The molecule has 0 N–H and O–H groups in total. The monoisotopic (exact) mass is 323 g/mol. The average molecular weight is 323 g/mol. The van der Waals surface area contributed by atoms with Gasteiger partial charge in [-0.1, -0.05) is 18.2 Å². The van der Waals surface area contributed by atoms with Gasteiger partial charge < -0.3 is 4.74 Å². The Morgan fingerprint density at radius 2 is 1.68 bits per heavy atom. The molecule has 0 bridgehead atoms. The summed E-state index contributed by atoms with van der Waals surface area (Å²) >= 11 is 0. The van der Waals surface area contributed by atoms with E-state index in [1.54, 1.807) is 18.2 Å². The highest BCUT2D eigenvalue weighted by Crippen LogP contribution is 2.28. The Morgan fingerprint density at radius 1 is 1.09 bits per heavy atom. The highest BCUT2D eigenvalue weighted by atomic mass is 32.2. The molecule has 0 heterocycles. The maximum Gasteiger partial charge on any atom is 0.387 e. The van der Waals surface area contributed by atoms with Gasteiger partial charge in [0.1, 0.15) is 11.8 Å². The summed E-state index contributed by atoms with van der Waals surface area (Å²) in [6, 6.07) is 12.1. The van der Waals surface area contributed by atoms with Crippen LogP contribution in [-0.2, 0) is 9.84 Å². The molecule has 22 heavy (non-hydrogen) atoms. The van der Waals surface area contributed by atoms with Crippen LogP contribution in [0.4, 0.5) is 8.78 Å². The number of rotatable bonds is 4. The first-order chi connectivity index (χ1) is 10.3. The zero-order chi connectivity index (χ0) is 16.3. The smallest absolute Gasteiger partial charge is 0.387 e. The van der Waals surface area contributed by atoms with Crippen molar-refractivity contribution in [1.29, 1.82) is 5.26 Å². The number of alkyl halides is 2. The minimum absolute atomic E-state index is 0.0232. The molecule has 114 valence electrons. The van der Waals surface area contributed by atoms with Gasteiger partial charge in [0.2, 0.25) is 0 Å². The molecule has 2 aromatic carbocycles. The lowest BCUT2D eigenvalue weighted by Gasteiger charge is -2.09. The fourth-order valence-corrected chi connectivity index (χ4v) is 2.52. The standard InChI is InChI=1S/C15H11F2NO3S/c1-22(19,20)13-5-2-10(3-6-13)11-4-7-14(21-15(16)17)12(8-11)9-18/h2-8,15H,1H3. The largest absolute Gasteiger partial charge is 0.433 e. The molecule has 4 nitrogen and oxygen atoms in total. The second kappa shape index (κ2) is 6.12. The number of hydrogen-bond acceptors (Lipinski definition) is 4. The Labute approximate surface area is 126 Å². The number of sulfone groups is 1. The fourth-order valence-electron chi connectivity index (χ4n) is 1.89. The van der Waals surface area contributed by atoms with Crippen molar-refractivity contribution in [1.82, 2.24) is 0 Å². The second-order valence-corrected chi connectivity index (χ2v) is 6.51. The van der Waals surface area contributed by atoms with Gasteiger partial charge in [0, 0.05) is 6.26 Å². The molecule has 0 saturated carbocycles. The molecule has 2 rings (SSSR count). The Morgan fingerprint density at radius 3 is 2.18 bits per heavy atom. The van der Waals surface area contributed by atoms with Gasteiger partial charge in [-0.05, 0) is 35.4 Å². The van der Waals surface area contributed by atoms with Crippen LogP contribution >= 0.6 is 0 Å². The summed E-state index contributed by atoms with van der Waals surface area (Å²) in [7, 11) is -3.29. The van der Waals surface area contributed by atoms with Crippen LogP contribution < -0.4 is 4.74 Å². The van der Waals surface area contributed by atoms with Crippen LogP contribution in [0.15, 0.2) is 47.4 Å². The Kier molecular flexibility index (Phi) is 4.43. The topological polar surface area (TPSA) is 67.2 Å². The van der Waals surface area contributed by atoms with Crippen LogP contribution in [-0.4, -0.2) is 21.3 Å². The molecule has 0 aromatic heterocycles. The van der Waals surface area contributed by atoms with E-state index in [0.29, 0.717) is 11.1 Å². The highest BCUT2D eigenvalue weighted by Gasteiger charge is 2.12. The fraction of sp³-hybridized carbons (Fsp3) is 0.133. The number of halogens is 2. The molecule has 0 aliphatic heterocycles. The summed E-state index contributed by atoms with van der Waals surface area (Å²) in [6.45, 7) is -3.01. The van der Waals surface area contributed by atoms with Crippen molar-refractivity contribution in [2.24, 2.45) is 0 Å². The lowest BCUT2D eigenvalue weighted by Crippen LogP contribution is -2.03. The van der Waals surface area contributed by atoms with E-state index >= 15 is 0 Å². The third-order valence-corrected chi connectivity index (χ3v) is 4.06. The Bertz CT molecular complexity index is 825. The molecule has 0 aliphatic rings. The van der Waals surface area contributed by atoms with E-state index in [4.69, 9.17) is 5.26 Å². The molecule has 0 unspecified atom stereocenters. The highest BCUT2D eigenvalue weighted by molar-refractivity contribution is 7.90. The summed E-state index contributed by atoms with van der Waals surface area (Å²) in [5.41, 5.74) is 1.23. The summed E-state index contributed by atoms with van der Waals surface area (Å²) in [4.78, 5) is 0.175. The maximum absolute atomic E-state index is 12.2. The third kappa shape index (κ3) is 3.59. The van der Waals surface area contributed by atoms with Gasteiger partial charge in [0.15, 0.2) is 9.84 Å². The summed E-state index contributed by atoms with van der Waals surface area (Å²) < 4.78 is 51.5. The molecule has 7 heteroatoms. The molecular weight excluding hydrogens is 312 g/mol. The summed E-state index contributed by atoms with van der Waals surface area (Å²) in [5, 5.41) is 9.00. The molecule has 0 amide bonds. The van der Waals surface area contributed by atoms with Crippen LogP contribution in [0.2, 0.25) is 0 Å². The Balaban J connectivity index is 2.40. The molecule has 0 radical (unpaired) electrons. The predicted molar refractivity (Wildman–Crippen MR) is 76.3 cm³/mol. The van der Waals surface area contributed by atoms with Crippen LogP contribution in [0, 0.1) is 11.3 Å². The lowest BCUT2D eigenvalue weighted by atomic mass is 10.0. The first-order valence-electron chi connectivity index (χ1n) is 6.10. The van der Waals surface area contributed by atoms with Crippen molar-refractivity contribution in [2.45, 2.75) is 11.5 Å². The minimum Gasteiger partial charge on any atom is -0.433 e. The third-order valence-electron chi connectivity index (χ3n) is 2.93. The molecule has 0 spiro atoms. The van der Waals surface area contributed by atoms with Crippen LogP contribution in [0.1, 0.15) is 5.56 Å². The molecule has 2 aromatic rings. The number of benzene rings is 2. The molecule has 0 aliphatic carbocycles. The van der Waals surface area contributed by atoms with E-state index in [-0.39, 0.29) is 16.2 Å². The van der Waals surface area contributed by atoms with Crippen LogP contribution in [0.25, 0.3) is 11.1 Å². The van der Waals surface area contributed by atoms with Gasteiger partial charge in [-0.2, -0.15) is 14.0 Å². The predicted octanol–water partition coefficient (Wildman–Crippen LogP) is 3.23. The second-order valence-electron chi connectivity index (χ2n) is 4.50. The Hall–Kier alpha value is -2.46. The van der Waals surface area contributed by atoms with Crippen molar-refractivity contribution in [2.75, 3.05) is 6.26 Å². The normalized spacial score (nSPS) is 11.2. The zero-order valence-electron chi connectivity index (χ0n) is 11.5. The van der Waals surface area contributed by atoms with Crippen molar-refractivity contribution in [3.05, 3.63) is 48.0 Å². The zero-order valence-corrected chi connectivity index (χ0v) is 12.3. The number of nitrogens with zero attached hydrogens (tertiary/aromatic N) is 1. The number of ether oxygens (including phenoxy) is 1. The van der Waals surface area contributed by atoms with Gasteiger partial charge in [-0.25, -0.2) is 8.42 Å². The lowest BCUT2D eigenvalue weighted by molar-refractivity contribution is -0.0500. The van der Waals surface area contributed by atoms with Gasteiger partial charge in [0.05, 0.1) is 10.5 Å². The number of hydrogen-bond donors (Lipinski definition) is 0. The van der Waals surface area contributed by atoms with Gasteiger partial charge in [-0.3, -0.25) is 0 Å². The minimum atomic E-state index is -3.29. The van der Waals surface area contributed by atoms with Gasteiger partial charge in [-0.15, -0.1) is 0 Å². The average Bonchev–Trinajstić information content (AvgIpc) is 2.46. The summed E-state index contributed by atoms with van der Waals surface area (Å²) in [5.74, 6) is -0.200.